The summed E-state index contributed by atoms with van der Waals surface area (Å²) in [6.07, 6.45) is 9.77. The van der Waals surface area contributed by atoms with Crippen molar-refractivity contribution in [1.82, 2.24) is 0 Å². The van der Waals surface area contributed by atoms with Crippen LogP contribution in [-0.2, 0) is 6.42 Å². The van der Waals surface area contributed by atoms with E-state index in [1.807, 2.05) is 24.3 Å². The molecular formula is C24H19F3. The summed E-state index contributed by atoms with van der Waals surface area (Å²) in [7, 11) is 0. The fourth-order valence-electron chi connectivity index (χ4n) is 3.80. The van der Waals surface area contributed by atoms with Crippen LogP contribution in [0.3, 0.4) is 0 Å². The summed E-state index contributed by atoms with van der Waals surface area (Å²) in [6, 6.07) is 11.3. The molecule has 2 aromatic rings. The number of hydrogen-bond donors (Lipinski definition) is 0. The number of allylic oxidation sites excluding steroid dienone is 7. The van der Waals surface area contributed by atoms with Crippen LogP contribution in [0.4, 0.5) is 13.2 Å². The van der Waals surface area contributed by atoms with Gasteiger partial charge < -0.3 is 0 Å². The van der Waals surface area contributed by atoms with Crippen LogP contribution < -0.4 is 0 Å². The summed E-state index contributed by atoms with van der Waals surface area (Å²) < 4.78 is 40.8. The van der Waals surface area contributed by atoms with Gasteiger partial charge in [-0.2, -0.15) is 0 Å². The standard InChI is InChI=1S/C24H19F3/c25-19-12-13-21-18(14-19)11-10-16-6-2-1-3-8-20(16)23(21)15-17-7-4-5-9-22(17)24(26)27/h1-5,7-9,12-15,24H,6,10-11H2/b23-15+. The molecule has 0 aliphatic heterocycles. The molecule has 0 bridgehead atoms. The molecule has 2 aliphatic rings. The zero-order chi connectivity index (χ0) is 18.8. The Labute approximate surface area is 157 Å². The van der Waals surface area contributed by atoms with Gasteiger partial charge >= 0.3 is 0 Å². The van der Waals surface area contributed by atoms with Crippen LogP contribution in [0.2, 0.25) is 0 Å². The summed E-state index contributed by atoms with van der Waals surface area (Å²) >= 11 is 0. The van der Waals surface area contributed by atoms with E-state index in [2.05, 4.69) is 6.08 Å². The Morgan fingerprint density at radius 1 is 0.963 bits per heavy atom. The molecule has 0 amide bonds. The molecule has 0 fully saturated rings. The Morgan fingerprint density at radius 3 is 2.67 bits per heavy atom. The van der Waals surface area contributed by atoms with Gasteiger partial charge in [-0.15, -0.1) is 0 Å². The number of aryl methyl sites for hydroxylation is 1. The molecule has 4 rings (SSSR count). The molecule has 3 heteroatoms. The minimum absolute atomic E-state index is 0.00999. The SMILES string of the molecule is Fc1ccc2c(c1)CCC1=C(C=CC=CC1)/C2=C\c1ccccc1C(F)F. The lowest BCUT2D eigenvalue weighted by molar-refractivity contribution is 0.151. The number of benzene rings is 2. The van der Waals surface area contributed by atoms with Crippen LogP contribution in [0.5, 0.6) is 0 Å². The Bertz CT molecular complexity index is 990. The summed E-state index contributed by atoms with van der Waals surface area (Å²) in [5.74, 6) is -0.270. The number of fused-ring (bicyclic) bond motifs is 1. The first-order valence-corrected chi connectivity index (χ1v) is 9.06. The van der Waals surface area contributed by atoms with Crippen molar-refractivity contribution >= 4 is 11.6 Å². The minimum Gasteiger partial charge on any atom is -0.207 e. The molecule has 27 heavy (non-hydrogen) atoms. The predicted octanol–water partition coefficient (Wildman–Crippen LogP) is 7.06. The van der Waals surface area contributed by atoms with Crippen LogP contribution in [-0.4, -0.2) is 0 Å². The van der Waals surface area contributed by atoms with Gasteiger partial charge in [-0.25, -0.2) is 13.2 Å². The Balaban J connectivity index is 1.96. The van der Waals surface area contributed by atoms with Gasteiger partial charge in [0.2, 0.25) is 0 Å². The first-order valence-electron chi connectivity index (χ1n) is 9.06. The van der Waals surface area contributed by atoms with Gasteiger partial charge in [0, 0.05) is 5.56 Å². The lowest BCUT2D eigenvalue weighted by atomic mass is 9.90. The van der Waals surface area contributed by atoms with Gasteiger partial charge in [0.05, 0.1) is 0 Å². The molecule has 0 aromatic heterocycles. The van der Waals surface area contributed by atoms with Crippen molar-refractivity contribution in [1.29, 1.82) is 0 Å². The highest BCUT2D eigenvalue weighted by Gasteiger charge is 2.21. The summed E-state index contributed by atoms with van der Waals surface area (Å²) in [5, 5.41) is 0. The highest BCUT2D eigenvalue weighted by Crippen LogP contribution is 2.39. The second-order valence-corrected chi connectivity index (χ2v) is 6.80. The molecule has 0 nitrogen and oxygen atoms in total. The van der Waals surface area contributed by atoms with Crippen molar-refractivity contribution in [2.75, 3.05) is 0 Å². The van der Waals surface area contributed by atoms with Gasteiger partial charge in [-0.3, -0.25) is 0 Å². The van der Waals surface area contributed by atoms with E-state index < -0.39 is 6.43 Å². The molecule has 0 N–H and O–H groups in total. The van der Waals surface area contributed by atoms with Crippen LogP contribution in [0.1, 0.15) is 41.5 Å². The number of alkyl halides is 2. The van der Waals surface area contributed by atoms with Crippen LogP contribution in [0, 0.1) is 5.82 Å². The second kappa shape index (κ2) is 7.43. The molecule has 0 unspecified atom stereocenters. The maximum atomic E-state index is 13.8. The molecule has 2 aliphatic carbocycles. The van der Waals surface area contributed by atoms with Crippen molar-refractivity contribution < 1.29 is 13.2 Å². The topological polar surface area (TPSA) is 0 Å². The maximum Gasteiger partial charge on any atom is 0.264 e. The molecule has 0 saturated carbocycles. The quantitative estimate of drug-likeness (QED) is 0.535. The predicted molar refractivity (Wildman–Crippen MR) is 104 cm³/mol. The first kappa shape index (κ1) is 17.6. The Hall–Kier alpha value is -2.81. The van der Waals surface area contributed by atoms with Gasteiger partial charge in [-0.1, -0.05) is 60.2 Å². The molecule has 0 radical (unpaired) electrons. The number of hydrogen-bond acceptors (Lipinski definition) is 0. The van der Waals surface area contributed by atoms with Crippen molar-refractivity contribution in [3.8, 4) is 0 Å². The maximum absolute atomic E-state index is 13.8. The van der Waals surface area contributed by atoms with E-state index in [-0.39, 0.29) is 11.4 Å². The first-order chi connectivity index (χ1) is 13.1. The molecule has 0 spiro atoms. The molecular weight excluding hydrogens is 345 g/mol. The highest BCUT2D eigenvalue weighted by molar-refractivity contribution is 5.95. The van der Waals surface area contributed by atoms with E-state index in [1.54, 1.807) is 30.3 Å². The third kappa shape index (κ3) is 3.55. The van der Waals surface area contributed by atoms with Crippen molar-refractivity contribution in [3.63, 3.8) is 0 Å². The normalized spacial score (nSPS) is 17.7. The van der Waals surface area contributed by atoms with Crippen LogP contribution in [0.25, 0.3) is 11.6 Å². The molecule has 0 atom stereocenters. The van der Waals surface area contributed by atoms with Gasteiger partial charge in [0.15, 0.2) is 0 Å². The molecule has 0 heterocycles. The fourth-order valence-corrected chi connectivity index (χ4v) is 3.80. The minimum atomic E-state index is -2.55. The van der Waals surface area contributed by atoms with Crippen LogP contribution in [0.15, 0.2) is 77.9 Å². The van der Waals surface area contributed by atoms with Gasteiger partial charge in [-0.05, 0) is 65.3 Å². The van der Waals surface area contributed by atoms with E-state index in [0.717, 1.165) is 41.5 Å². The molecule has 136 valence electrons. The van der Waals surface area contributed by atoms with E-state index in [0.29, 0.717) is 5.56 Å². The molecule has 2 aromatic carbocycles. The lowest BCUT2D eigenvalue weighted by Gasteiger charge is -2.14. The van der Waals surface area contributed by atoms with Crippen LogP contribution >= 0.6 is 0 Å². The third-order valence-corrected chi connectivity index (χ3v) is 5.13. The van der Waals surface area contributed by atoms with E-state index >= 15 is 0 Å². The Kier molecular flexibility index (Phi) is 4.85. The van der Waals surface area contributed by atoms with Crippen molar-refractivity contribution in [3.05, 3.63) is 106 Å². The Morgan fingerprint density at radius 2 is 1.81 bits per heavy atom. The van der Waals surface area contributed by atoms with E-state index in [4.69, 9.17) is 0 Å². The van der Waals surface area contributed by atoms with E-state index in [9.17, 15) is 13.2 Å². The number of halogens is 3. The van der Waals surface area contributed by atoms with Gasteiger partial charge in [0.1, 0.15) is 5.82 Å². The lowest BCUT2D eigenvalue weighted by Crippen LogP contribution is -1.96. The van der Waals surface area contributed by atoms with E-state index in [1.165, 1.54) is 17.7 Å². The van der Waals surface area contributed by atoms with Crippen molar-refractivity contribution in [2.24, 2.45) is 0 Å². The zero-order valence-corrected chi connectivity index (χ0v) is 14.8. The largest absolute Gasteiger partial charge is 0.264 e. The monoisotopic (exact) mass is 364 g/mol. The highest BCUT2D eigenvalue weighted by atomic mass is 19.3. The average Bonchev–Trinajstić information content (AvgIpc) is 2.96. The summed E-state index contributed by atoms with van der Waals surface area (Å²) in [4.78, 5) is 0. The number of rotatable bonds is 2. The summed E-state index contributed by atoms with van der Waals surface area (Å²) in [6.45, 7) is 0. The van der Waals surface area contributed by atoms with Gasteiger partial charge in [0.25, 0.3) is 6.43 Å². The smallest absolute Gasteiger partial charge is 0.207 e. The molecule has 0 saturated heterocycles. The zero-order valence-electron chi connectivity index (χ0n) is 14.8. The average molecular weight is 364 g/mol. The summed E-state index contributed by atoms with van der Waals surface area (Å²) in [5.41, 5.74) is 5.52. The fraction of sp³-hybridized carbons (Fsp3) is 0.167. The second-order valence-electron chi connectivity index (χ2n) is 6.80. The third-order valence-electron chi connectivity index (χ3n) is 5.13. The van der Waals surface area contributed by atoms with Crippen molar-refractivity contribution in [2.45, 2.75) is 25.7 Å².